The molecular formula is C16H27ClN2OS. The zero-order chi connectivity index (χ0) is 15.7. The van der Waals surface area contributed by atoms with E-state index in [1.807, 2.05) is 11.8 Å². The van der Waals surface area contributed by atoms with Crippen molar-refractivity contribution in [3.05, 3.63) is 28.8 Å². The number of thioether (sulfide) groups is 1. The summed E-state index contributed by atoms with van der Waals surface area (Å²) in [6.07, 6.45) is 3.32. The maximum absolute atomic E-state index is 6.39. The first kappa shape index (κ1) is 18.6. The van der Waals surface area contributed by atoms with Crippen LogP contribution in [0.1, 0.15) is 18.9 Å². The SMILES string of the molecule is COCCNCc1ccc(N(C)C(C)CCSC)cc1Cl. The first-order chi connectivity index (χ1) is 10.1. The number of hydrogen-bond acceptors (Lipinski definition) is 4. The Bertz CT molecular complexity index is 417. The first-order valence-corrected chi connectivity index (χ1v) is 9.07. The first-order valence-electron chi connectivity index (χ1n) is 7.30. The zero-order valence-electron chi connectivity index (χ0n) is 13.5. The van der Waals surface area contributed by atoms with Crippen LogP contribution in [0.2, 0.25) is 5.02 Å². The van der Waals surface area contributed by atoms with E-state index in [-0.39, 0.29) is 0 Å². The van der Waals surface area contributed by atoms with Gasteiger partial charge in [-0.1, -0.05) is 17.7 Å². The van der Waals surface area contributed by atoms with E-state index in [4.69, 9.17) is 16.3 Å². The number of anilines is 1. The van der Waals surface area contributed by atoms with Crippen LogP contribution in [0.4, 0.5) is 5.69 Å². The molecule has 21 heavy (non-hydrogen) atoms. The molecule has 1 unspecified atom stereocenters. The van der Waals surface area contributed by atoms with Crippen molar-refractivity contribution in [2.75, 3.05) is 44.2 Å². The Kier molecular flexibility index (Phi) is 9.16. The van der Waals surface area contributed by atoms with E-state index in [0.29, 0.717) is 12.6 Å². The van der Waals surface area contributed by atoms with Crippen molar-refractivity contribution in [1.29, 1.82) is 0 Å². The smallest absolute Gasteiger partial charge is 0.0587 e. The maximum atomic E-state index is 6.39. The summed E-state index contributed by atoms with van der Waals surface area (Å²) >= 11 is 8.28. The number of methoxy groups -OCH3 is 1. The van der Waals surface area contributed by atoms with Gasteiger partial charge in [-0.2, -0.15) is 11.8 Å². The van der Waals surface area contributed by atoms with Crippen molar-refractivity contribution in [1.82, 2.24) is 5.32 Å². The fourth-order valence-corrected chi connectivity index (χ4v) is 2.85. The third-order valence-corrected chi connectivity index (χ3v) is 4.64. The number of nitrogens with zero attached hydrogens (tertiary/aromatic N) is 1. The topological polar surface area (TPSA) is 24.5 Å². The molecule has 0 radical (unpaired) electrons. The fraction of sp³-hybridized carbons (Fsp3) is 0.625. The van der Waals surface area contributed by atoms with E-state index in [2.05, 4.69) is 48.6 Å². The van der Waals surface area contributed by atoms with Gasteiger partial charge >= 0.3 is 0 Å². The van der Waals surface area contributed by atoms with E-state index in [9.17, 15) is 0 Å². The van der Waals surface area contributed by atoms with Gasteiger partial charge in [-0.25, -0.2) is 0 Å². The lowest BCUT2D eigenvalue weighted by atomic mass is 10.1. The lowest BCUT2D eigenvalue weighted by Crippen LogP contribution is -2.29. The molecule has 0 aliphatic carbocycles. The van der Waals surface area contributed by atoms with E-state index in [0.717, 1.165) is 23.7 Å². The minimum atomic E-state index is 0.513. The predicted octanol–water partition coefficient (Wildman–Crippen LogP) is 3.65. The van der Waals surface area contributed by atoms with Crippen molar-refractivity contribution in [2.45, 2.75) is 25.9 Å². The Balaban J connectivity index is 2.59. The second kappa shape index (κ2) is 10.3. The average Bonchev–Trinajstić information content (AvgIpc) is 2.49. The summed E-state index contributed by atoms with van der Waals surface area (Å²) in [5.41, 5.74) is 2.30. The molecule has 1 N–H and O–H groups in total. The van der Waals surface area contributed by atoms with Crippen LogP contribution < -0.4 is 10.2 Å². The highest BCUT2D eigenvalue weighted by atomic mass is 35.5. The van der Waals surface area contributed by atoms with Crippen LogP contribution in [0.15, 0.2) is 18.2 Å². The van der Waals surface area contributed by atoms with Gasteiger partial charge in [0.2, 0.25) is 0 Å². The van der Waals surface area contributed by atoms with Crippen LogP contribution in [0.25, 0.3) is 0 Å². The second-order valence-electron chi connectivity index (χ2n) is 5.19. The molecule has 1 aromatic carbocycles. The van der Waals surface area contributed by atoms with Crippen molar-refractivity contribution >= 4 is 29.1 Å². The molecule has 0 aromatic heterocycles. The largest absolute Gasteiger partial charge is 0.383 e. The van der Waals surface area contributed by atoms with Gasteiger partial charge in [-0.05, 0) is 43.0 Å². The van der Waals surface area contributed by atoms with Crippen molar-refractivity contribution < 1.29 is 4.74 Å². The monoisotopic (exact) mass is 330 g/mol. The van der Waals surface area contributed by atoms with E-state index >= 15 is 0 Å². The summed E-state index contributed by atoms with van der Waals surface area (Å²) < 4.78 is 5.02. The Morgan fingerprint density at radius 3 is 2.81 bits per heavy atom. The normalized spacial score (nSPS) is 12.4. The highest BCUT2D eigenvalue weighted by Gasteiger charge is 2.11. The molecule has 0 aliphatic rings. The van der Waals surface area contributed by atoms with Crippen molar-refractivity contribution in [3.8, 4) is 0 Å². The molecule has 120 valence electrons. The number of hydrogen-bond donors (Lipinski definition) is 1. The molecule has 0 amide bonds. The standard InChI is InChI=1S/C16H27ClN2OS/c1-13(7-10-21-4)19(2)15-6-5-14(16(17)11-15)12-18-8-9-20-3/h5-6,11,13,18H,7-10,12H2,1-4H3. The molecule has 0 saturated carbocycles. The molecule has 0 aliphatic heterocycles. The third kappa shape index (κ3) is 6.47. The minimum Gasteiger partial charge on any atom is -0.383 e. The van der Waals surface area contributed by atoms with Gasteiger partial charge in [-0.15, -0.1) is 0 Å². The van der Waals surface area contributed by atoms with E-state index < -0.39 is 0 Å². The number of ether oxygens (including phenoxy) is 1. The molecule has 0 fully saturated rings. The van der Waals surface area contributed by atoms with Crippen LogP contribution in [0, 0.1) is 0 Å². The molecule has 1 rings (SSSR count). The number of halogens is 1. The Morgan fingerprint density at radius 1 is 1.43 bits per heavy atom. The predicted molar refractivity (Wildman–Crippen MR) is 95.9 cm³/mol. The molecular weight excluding hydrogens is 304 g/mol. The Hall–Kier alpha value is -0.420. The lowest BCUT2D eigenvalue weighted by molar-refractivity contribution is 0.199. The Labute approximate surface area is 138 Å². The van der Waals surface area contributed by atoms with Gasteiger partial charge in [0.1, 0.15) is 0 Å². The van der Waals surface area contributed by atoms with Gasteiger partial charge < -0.3 is 15.0 Å². The quantitative estimate of drug-likeness (QED) is 0.662. The van der Waals surface area contributed by atoms with Crippen LogP contribution in [0.3, 0.4) is 0 Å². The van der Waals surface area contributed by atoms with Crippen LogP contribution in [-0.2, 0) is 11.3 Å². The summed E-state index contributed by atoms with van der Waals surface area (Å²) in [6.45, 7) is 4.57. The Morgan fingerprint density at radius 2 is 2.19 bits per heavy atom. The summed E-state index contributed by atoms with van der Waals surface area (Å²) in [7, 11) is 3.84. The number of nitrogens with one attached hydrogen (secondary N) is 1. The van der Waals surface area contributed by atoms with E-state index in [1.54, 1.807) is 7.11 Å². The molecule has 0 saturated heterocycles. The lowest BCUT2D eigenvalue weighted by Gasteiger charge is -2.27. The van der Waals surface area contributed by atoms with Crippen molar-refractivity contribution in [3.63, 3.8) is 0 Å². The molecule has 0 bridgehead atoms. The third-order valence-electron chi connectivity index (χ3n) is 3.64. The van der Waals surface area contributed by atoms with Crippen LogP contribution in [0.5, 0.6) is 0 Å². The van der Waals surface area contributed by atoms with Gasteiger partial charge in [0.25, 0.3) is 0 Å². The van der Waals surface area contributed by atoms with E-state index in [1.165, 1.54) is 17.9 Å². The minimum absolute atomic E-state index is 0.513. The summed E-state index contributed by atoms with van der Waals surface area (Å²) in [5, 5.41) is 4.14. The van der Waals surface area contributed by atoms with Gasteiger partial charge in [0, 0.05) is 44.0 Å². The molecule has 1 aromatic rings. The van der Waals surface area contributed by atoms with Crippen LogP contribution in [-0.4, -0.2) is 45.4 Å². The highest BCUT2D eigenvalue weighted by molar-refractivity contribution is 7.98. The number of rotatable bonds is 10. The van der Waals surface area contributed by atoms with Gasteiger partial charge in [-0.3, -0.25) is 0 Å². The average molecular weight is 331 g/mol. The fourth-order valence-electron chi connectivity index (χ4n) is 2.03. The van der Waals surface area contributed by atoms with Crippen molar-refractivity contribution in [2.24, 2.45) is 0 Å². The van der Waals surface area contributed by atoms with Gasteiger partial charge in [0.15, 0.2) is 0 Å². The summed E-state index contributed by atoms with van der Waals surface area (Å²) in [6, 6.07) is 6.83. The molecule has 0 heterocycles. The van der Waals surface area contributed by atoms with Crippen LogP contribution >= 0.6 is 23.4 Å². The number of benzene rings is 1. The zero-order valence-corrected chi connectivity index (χ0v) is 15.1. The molecule has 1 atom stereocenters. The van der Waals surface area contributed by atoms with Gasteiger partial charge in [0.05, 0.1) is 6.61 Å². The second-order valence-corrected chi connectivity index (χ2v) is 6.58. The summed E-state index contributed by atoms with van der Waals surface area (Å²) in [5.74, 6) is 1.18. The summed E-state index contributed by atoms with van der Waals surface area (Å²) in [4.78, 5) is 2.30. The highest BCUT2D eigenvalue weighted by Crippen LogP contribution is 2.25. The molecule has 3 nitrogen and oxygen atoms in total. The molecule has 5 heteroatoms. The maximum Gasteiger partial charge on any atom is 0.0587 e. The molecule has 0 spiro atoms.